The summed E-state index contributed by atoms with van der Waals surface area (Å²) in [4.78, 5) is 74.6. The molecule has 0 aliphatic carbocycles. The molecule has 0 unspecified atom stereocenters. The van der Waals surface area contributed by atoms with Gasteiger partial charge >= 0.3 is 12.2 Å². The number of carbonyl (C=O) groups excluding carboxylic acids is 4. The van der Waals surface area contributed by atoms with Crippen LogP contribution in [0.2, 0.25) is 0 Å². The molecule has 2 aromatic carbocycles. The monoisotopic (exact) mass is 759 g/mol. The highest BCUT2D eigenvalue weighted by Crippen LogP contribution is 2.34. The van der Waals surface area contributed by atoms with Crippen molar-refractivity contribution in [1.82, 2.24) is 45.4 Å². The van der Waals surface area contributed by atoms with Crippen LogP contribution < -0.4 is 10.6 Å². The minimum absolute atomic E-state index is 0.177. The lowest BCUT2D eigenvalue weighted by molar-refractivity contribution is -0.134. The normalized spacial score (nSPS) is 17.6. The van der Waals surface area contributed by atoms with E-state index in [-0.39, 0.29) is 23.9 Å². The van der Waals surface area contributed by atoms with Crippen molar-refractivity contribution in [2.24, 2.45) is 0 Å². The average molecular weight is 760 g/mol. The van der Waals surface area contributed by atoms with Gasteiger partial charge in [0, 0.05) is 31.9 Å². The lowest BCUT2D eigenvalue weighted by atomic mass is 10.0. The zero-order chi connectivity index (χ0) is 39.2. The predicted octanol–water partition coefficient (Wildman–Crippen LogP) is 5.57. The molecule has 2 saturated heterocycles. The molecule has 3 aromatic heterocycles. The second-order valence-corrected chi connectivity index (χ2v) is 14.0. The second-order valence-electron chi connectivity index (χ2n) is 14.0. The highest BCUT2D eigenvalue weighted by molar-refractivity contribution is 5.87. The van der Waals surface area contributed by atoms with Crippen LogP contribution >= 0.6 is 0 Å². The van der Waals surface area contributed by atoms with Gasteiger partial charge in [-0.2, -0.15) is 0 Å². The summed E-state index contributed by atoms with van der Waals surface area (Å²) in [5.74, 6) is 1.05. The van der Waals surface area contributed by atoms with E-state index >= 15 is 0 Å². The number of carbonyl (C=O) groups is 4. The largest absolute Gasteiger partial charge is 0.453 e. The van der Waals surface area contributed by atoms with Crippen LogP contribution in [-0.2, 0) is 25.5 Å². The van der Waals surface area contributed by atoms with Crippen molar-refractivity contribution in [3.05, 3.63) is 103 Å². The SMILES string of the molecule is COC(=O)N[C@@H](C)C(=O)N1CCC[C@H]1c1ncc(-c2ccc(-c3ccc(-c4cnc([C@@H]5CCCN5C(=O)[C@H](Cc5ccncc5)NC(=O)OC)[nH]4)cc3)cc2)[nH]1. The molecule has 56 heavy (non-hydrogen) atoms. The minimum atomic E-state index is -0.799. The summed E-state index contributed by atoms with van der Waals surface area (Å²) in [7, 11) is 2.55. The zero-order valence-electron chi connectivity index (χ0n) is 31.5. The van der Waals surface area contributed by atoms with Crippen molar-refractivity contribution in [2.75, 3.05) is 27.3 Å². The average Bonchev–Trinajstić information content (AvgIpc) is 4.07. The minimum Gasteiger partial charge on any atom is -0.453 e. The number of nitrogens with one attached hydrogen (secondary N) is 4. The molecular formula is C41H45N9O6. The molecule has 7 rings (SSSR count). The van der Waals surface area contributed by atoms with Crippen molar-refractivity contribution >= 4 is 24.0 Å². The Morgan fingerprint density at radius 1 is 0.696 bits per heavy atom. The van der Waals surface area contributed by atoms with Gasteiger partial charge in [-0.1, -0.05) is 48.5 Å². The lowest BCUT2D eigenvalue weighted by Crippen LogP contribution is -2.49. The van der Waals surface area contributed by atoms with Crippen molar-refractivity contribution in [3.8, 4) is 33.6 Å². The topological polar surface area (TPSA) is 188 Å². The number of benzene rings is 2. The van der Waals surface area contributed by atoms with Crippen molar-refractivity contribution in [3.63, 3.8) is 0 Å². The van der Waals surface area contributed by atoms with Gasteiger partial charge in [0.2, 0.25) is 11.8 Å². The fraction of sp³-hybridized carbons (Fsp3) is 0.341. The van der Waals surface area contributed by atoms with Gasteiger partial charge in [0.05, 0.1) is 50.1 Å². The molecule has 0 radical (unpaired) electrons. The molecule has 4 N–H and O–H groups in total. The van der Waals surface area contributed by atoms with Gasteiger partial charge in [0.25, 0.3) is 0 Å². The molecule has 2 aliphatic heterocycles. The Bertz CT molecular complexity index is 2150. The number of H-pyrrole nitrogens is 2. The smallest absolute Gasteiger partial charge is 0.407 e. The summed E-state index contributed by atoms with van der Waals surface area (Å²) in [6, 6.07) is 18.1. The summed E-state index contributed by atoms with van der Waals surface area (Å²) >= 11 is 0. The van der Waals surface area contributed by atoms with Crippen LogP contribution in [0.25, 0.3) is 33.6 Å². The number of aromatic amines is 2. The Balaban J connectivity index is 0.996. The molecule has 0 spiro atoms. The Morgan fingerprint density at radius 2 is 1.16 bits per heavy atom. The van der Waals surface area contributed by atoms with E-state index in [0.29, 0.717) is 31.2 Å². The van der Waals surface area contributed by atoms with E-state index in [0.717, 1.165) is 64.9 Å². The maximum atomic E-state index is 13.8. The van der Waals surface area contributed by atoms with E-state index in [9.17, 15) is 19.2 Å². The second kappa shape index (κ2) is 16.9. The Hall–Kier alpha value is -6.51. The number of hydrogen-bond donors (Lipinski definition) is 4. The molecule has 0 saturated carbocycles. The first-order valence-electron chi connectivity index (χ1n) is 18.7. The zero-order valence-corrected chi connectivity index (χ0v) is 31.5. The third-order valence-corrected chi connectivity index (χ3v) is 10.5. The molecule has 15 nitrogen and oxygen atoms in total. The number of ether oxygens (including phenoxy) is 2. The van der Waals surface area contributed by atoms with Gasteiger partial charge in [0.1, 0.15) is 23.7 Å². The summed E-state index contributed by atoms with van der Waals surface area (Å²) in [5, 5.41) is 5.27. The Kier molecular flexibility index (Phi) is 11.4. The molecule has 2 aliphatic rings. The first-order chi connectivity index (χ1) is 27.2. The van der Waals surface area contributed by atoms with Crippen LogP contribution in [0.15, 0.2) is 85.5 Å². The molecule has 5 aromatic rings. The first-order valence-corrected chi connectivity index (χ1v) is 18.7. The molecule has 0 bridgehead atoms. The number of rotatable bonds is 11. The molecular weight excluding hydrogens is 715 g/mol. The number of methoxy groups -OCH3 is 2. The van der Waals surface area contributed by atoms with Crippen LogP contribution in [0.1, 0.15) is 61.9 Å². The number of imidazole rings is 2. The number of aromatic nitrogens is 5. The van der Waals surface area contributed by atoms with Crippen LogP contribution in [0.3, 0.4) is 0 Å². The van der Waals surface area contributed by atoms with E-state index in [1.165, 1.54) is 14.2 Å². The molecule has 2 fully saturated rings. The fourth-order valence-electron chi connectivity index (χ4n) is 7.52. The standard InChI is InChI=1S/C41H45N9O6/c1-25(45-40(53)55-2)38(51)49-20-4-6-34(49)36-43-23-32(46-36)29-12-8-27(9-13-29)28-10-14-30(15-11-28)33-24-44-37(47-33)35-7-5-21-50(35)39(52)31(48-41(54)56-3)22-26-16-18-42-19-17-26/h8-19,23-25,31,34-35H,4-7,20-22H2,1-3H3,(H,43,46)(H,44,47)(H,45,53)(H,48,54)/t25-,31-,34-,35-/m0/s1. The molecule has 290 valence electrons. The summed E-state index contributed by atoms with van der Waals surface area (Å²) in [5.41, 5.74) is 6.59. The number of hydrogen-bond acceptors (Lipinski definition) is 9. The van der Waals surface area contributed by atoms with Crippen molar-refractivity contribution in [2.45, 2.75) is 63.2 Å². The van der Waals surface area contributed by atoms with Gasteiger partial charge in [-0.15, -0.1) is 0 Å². The van der Waals surface area contributed by atoms with Crippen LogP contribution in [0.4, 0.5) is 9.59 Å². The van der Waals surface area contributed by atoms with E-state index < -0.39 is 24.3 Å². The van der Waals surface area contributed by atoms with Crippen LogP contribution in [0.5, 0.6) is 0 Å². The van der Waals surface area contributed by atoms with E-state index in [1.807, 2.05) is 36.4 Å². The van der Waals surface area contributed by atoms with Crippen molar-refractivity contribution in [1.29, 1.82) is 0 Å². The third kappa shape index (κ3) is 8.26. The van der Waals surface area contributed by atoms with Gasteiger partial charge in [0.15, 0.2) is 0 Å². The summed E-state index contributed by atoms with van der Waals surface area (Å²) < 4.78 is 9.47. The maximum Gasteiger partial charge on any atom is 0.407 e. The Morgan fingerprint density at radius 3 is 1.66 bits per heavy atom. The first kappa shape index (κ1) is 37.8. The fourth-order valence-corrected chi connectivity index (χ4v) is 7.52. The molecule has 15 heteroatoms. The van der Waals surface area contributed by atoms with Gasteiger partial charge < -0.3 is 39.9 Å². The molecule has 5 heterocycles. The predicted molar refractivity (Wildman–Crippen MR) is 207 cm³/mol. The van der Waals surface area contributed by atoms with E-state index in [1.54, 1.807) is 41.5 Å². The van der Waals surface area contributed by atoms with Gasteiger partial charge in [-0.25, -0.2) is 19.6 Å². The number of nitrogens with zero attached hydrogens (tertiary/aromatic N) is 5. The van der Waals surface area contributed by atoms with E-state index in [2.05, 4.69) is 59.6 Å². The molecule has 4 atom stereocenters. The number of amides is 4. The Labute approximate surface area is 324 Å². The highest BCUT2D eigenvalue weighted by Gasteiger charge is 2.37. The summed E-state index contributed by atoms with van der Waals surface area (Å²) in [6.07, 6.45) is 9.10. The lowest BCUT2D eigenvalue weighted by Gasteiger charge is -2.28. The van der Waals surface area contributed by atoms with Crippen molar-refractivity contribution < 1.29 is 28.7 Å². The van der Waals surface area contributed by atoms with Crippen LogP contribution in [-0.4, -0.2) is 98.1 Å². The number of likely N-dealkylation sites (tertiary alicyclic amines) is 2. The number of alkyl carbamates (subject to hydrolysis) is 2. The van der Waals surface area contributed by atoms with Gasteiger partial charge in [-0.3, -0.25) is 14.6 Å². The summed E-state index contributed by atoms with van der Waals surface area (Å²) in [6.45, 7) is 2.80. The number of pyridine rings is 1. The highest BCUT2D eigenvalue weighted by atomic mass is 16.5. The van der Waals surface area contributed by atoms with E-state index in [4.69, 9.17) is 9.72 Å². The maximum absolute atomic E-state index is 13.8. The molecule has 4 amide bonds. The van der Waals surface area contributed by atoms with Crippen LogP contribution in [0, 0.1) is 0 Å². The van der Waals surface area contributed by atoms with Gasteiger partial charge in [-0.05, 0) is 72.6 Å². The third-order valence-electron chi connectivity index (χ3n) is 10.5. The quantitative estimate of drug-likeness (QED) is 0.134.